The third-order valence-electron chi connectivity index (χ3n) is 2.36. The van der Waals surface area contributed by atoms with Crippen LogP contribution in [0, 0.1) is 6.92 Å². The molecular formula is C12H15BrO. The molecule has 0 N–H and O–H groups in total. The van der Waals surface area contributed by atoms with E-state index in [1.54, 1.807) is 0 Å². The molecular weight excluding hydrogens is 240 g/mol. The van der Waals surface area contributed by atoms with E-state index in [9.17, 15) is 4.79 Å². The minimum Gasteiger partial charge on any atom is -0.298 e. The summed E-state index contributed by atoms with van der Waals surface area (Å²) in [7, 11) is 0. The molecule has 0 aliphatic heterocycles. The van der Waals surface area contributed by atoms with Gasteiger partial charge in [0.2, 0.25) is 0 Å². The lowest BCUT2D eigenvalue weighted by Crippen LogP contribution is -2.15. The van der Waals surface area contributed by atoms with Crippen LogP contribution in [0.25, 0.3) is 0 Å². The van der Waals surface area contributed by atoms with Gasteiger partial charge in [0, 0.05) is 6.42 Å². The zero-order valence-corrected chi connectivity index (χ0v) is 10.2. The number of aryl methyl sites for hydroxylation is 1. The van der Waals surface area contributed by atoms with Gasteiger partial charge in [-0.1, -0.05) is 47.1 Å². The second-order valence-electron chi connectivity index (χ2n) is 3.42. The first-order valence-corrected chi connectivity index (χ1v) is 5.78. The number of benzene rings is 1. The average molecular weight is 255 g/mol. The van der Waals surface area contributed by atoms with Crippen LogP contribution in [0.3, 0.4) is 0 Å². The zero-order chi connectivity index (χ0) is 10.6. The Morgan fingerprint density at radius 2 is 2.07 bits per heavy atom. The average Bonchev–Trinajstić information content (AvgIpc) is 2.20. The molecule has 1 unspecified atom stereocenters. The van der Waals surface area contributed by atoms with Crippen LogP contribution in [0.2, 0.25) is 0 Å². The fourth-order valence-corrected chi connectivity index (χ4v) is 2.04. The number of hydrogen-bond acceptors (Lipinski definition) is 1. The topological polar surface area (TPSA) is 17.1 Å². The number of Topliss-reactive ketones (excluding diaryl/α,β-unsaturated/α-hetero) is 1. The van der Waals surface area contributed by atoms with Gasteiger partial charge in [0.1, 0.15) is 5.78 Å². The van der Waals surface area contributed by atoms with Crippen molar-refractivity contribution in [3.05, 3.63) is 35.4 Å². The van der Waals surface area contributed by atoms with Gasteiger partial charge in [0.15, 0.2) is 0 Å². The Bertz CT molecular complexity index is 320. The van der Waals surface area contributed by atoms with Crippen LogP contribution in [-0.4, -0.2) is 10.6 Å². The minimum atomic E-state index is -0.0337. The molecule has 0 spiro atoms. The van der Waals surface area contributed by atoms with Crippen LogP contribution in [0.1, 0.15) is 24.5 Å². The molecule has 0 aliphatic rings. The molecule has 1 nitrogen and oxygen atoms in total. The summed E-state index contributed by atoms with van der Waals surface area (Å²) in [6.45, 7) is 3.97. The molecule has 1 aromatic rings. The summed E-state index contributed by atoms with van der Waals surface area (Å²) >= 11 is 3.42. The maximum Gasteiger partial charge on any atom is 0.146 e. The molecule has 0 saturated heterocycles. The maximum absolute atomic E-state index is 11.4. The molecule has 0 amide bonds. The molecule has 0 bridgehead atoms. The van der Waals surface area contributed by atoms with E-state index < -0.39 is 0 Å². The first-order chi connectivity index (χ1) is 6.65. The van der Waals surface area contributed by atoms with E-state index in [1.165, 1.54) is 11.1 Å². The van der Waals surface area contributed by atoms with Crippen molar-refractivity contribution in [3.63, 3.8) is 0 Å². The van der Waals surface area contributed by atoms with Crippen LogP contribution < -0.4 is 0 Å². The molecule has 1 aromatic carbocycles. The van der Waals surface area contributed by atoms with Crippen LogP contribution in [0.4, 0.5) is 0 Å². The molecule has 2 heteroatoms. The largest absolute Gasteiger partial charge is 0.298 e. The Balaban J connectivity index is 2.69. The lowest BCUT2D eigenvalue weighted by Gasteiger charge is -2.09. The number of rotatable bonds is 4. The van der Waals surface area contributed by atoms with Gasteiger partial charge in [-0.15, -0.1) is 0 Å². The lowest BCUT2D eigenvalue weighted by molar-refractivity contribution is -0.118. The summed E-state index contributed by atoms with van der Waals surface area (Å²) in [5, 5.41) is 0. The SMILES string of the molecule is CCC(=O)C(Br)Cc1ccccc1C. The molecule has 0 aromatic heterocycles. The van der Waals surface area contributed by atoms with Crippen LogP contribution >= 0.6 is 15.9 Å². The molecule has 1 atom stereocenters. The molecule has 0 aliphatic carbocycles. The van der Waals surface area contributed by atoms with E-state index in [1.807, 2.05) is 19.1 Å². The molecule has 0 radical (unpaired) electrons. The Hall–Kier alpha value is -0.630. The summed E-state index contributed by atoms with van der Waals surface area (Å²) in [4.78, 5) is 11.3. The molecule has 14 heavy (non-hydrogen) atoms. The molecule has 1 rings (SSSR count). The molecule has 0 fully saturated rings. The second kappa shape index (κ2) is 5.30. The van der Waals surface area contributed by atoms with E-state index in [0.717, 1.165) is 6.42 Å². The van der Waals surface area contributed by atoms with Gasteiger partial charge in [-0.3, -0.25) is 4.79 Å². The zero-order valence-electron chi connectivity index (χ0n) is 8.59. The normalized spacial score (nSPS) is 12.5. The van der Waals surface area contributed by atoms with Crippen molar-refractivity contribution in [2.75, 3.05) is 0 Å². The van der Waals surface area contributed by atoms with E-state index in [4.69, 9.17) is 0 Å². The molecule has 0 saturated carbocycles. The van der Waals surface area contributed by atoms with Gasteiger partial charge in [-0.2, -0.15) is 0 Å². The van der Waals surface area contributed by atoms with Crippen molar-refractivity contribution in [2.24, 2.45) is 0 Å². The second-order valence-corrected chi connectivity index (χ2v) is 4.52. The number of alkyl halides is 1. The van der Waals surface area contributed by atoms with Gasteiger partial charge in [-0.05, 0) is 24.5 Å². The van der Waals surface area contributed by atoms with Crippen molar-refractivity contribution in [1.29, 1.82) is 0 Å². The Kier molecular flexibility index (Phi) is 4.33. The smallest absolute Gasteiger partial charge is 0.146 e. The number of halogens is 1. The first kappa shape index (κ1) is 11.4. The molecule has 0 heterocycles. The number of hydrogen-bond donors (Lipinski definition) is 0. The molecule has 76 valence electrons. The van der Waals surface area contributed by atoms with Crippen LogP contribution in [-0.2, 0) is 11.2 Å². The summed E-state index contributed by atoms with van der Waals surface area (Å²) in [6.07, 6.45) is 1.39. The monoisotopic (exact) mass is 254 g/mol. The van der Waals surface area contributed by atoms with E-state index >= 15 is 0 Å². The Labute approximate surface area is 93.7 Å². The summed E-state index contributed by atoms with van der Waals surface area (Å²) in [6, 6.07) is 8.18. The van der Waals surface area contributed by atoms with Crippen LogP contribution in [0.15, 0.2) is 24.3 Å². The van der Waals surface area contributed by atoms with Crippen molar-refractivity contribution in [1.82, 2.24) is 0 Å². The summed E-state index contributed by atoms with van der Waals surface area (Å²) in [5.41, 5.74) is 2.50. The van der Waals surface area contributed by atoms with Gasteiger partial charge in [-0.25, -0.2) is 0 Å². The minimum absolute atomic E-state index is 0.0337. The third kappa shape index (κ3) is 2.95. The highest BCUT2D eigenvalue weighted by Gasteiger charge is 2.13. The van der Waals surface area contributed by atoms with Crippen molar-refractivity contribution in [3.8, 4) is 0 Å². The maximum atomic E-state index is 11.4. The van der Waals surface area contributed by atoms with Gasteiger partial charge >= 0.3 is 0 Å². The number of carbonyl (C=O) groups is 1. The van der Waals surface area contributed by atoms with Crippen molar-refractivity contribution < 1.29 is 4.79 Å². The Morgan fingerprint density at radius 1 is 1.43 bits per heavy atom. The fraction of sp³-hybridized carbons (Fsp3) is 0.417. The quantitative estimate of drug-likeness (QED) is 0.754. The van der Waals surface area contributed by atoms with Gasteiger partial charge in [0.05, 0.1) is 4.83 Å². The standard InChI is InChI=1S/C12H15BrO/c1-3-12(14)11(13)8-10-7-5-4-6-9(10)2/h4-7,11H,3,8H2,1-2H3. The van der Waals surface area contributed by atoms with E-state index in [-0.39, 0.29) is 10.6 Å². The van der Waals surface area contributed by atoms with E-state index in [0.29, 0.717) is 6.42 Å². The highest BCUT2D eigenvalue weighted by Crippen LogP contribution is 2.15. The first-order valence-electron chi connectivity index (χ1n) is 4.86. The highest BCUT2D eigenvalue weighted by atomic mass is 79.9. The fourth-order valence-electron chi connectivity index (χ4n) is 1.37. The third-order valence-corrected chi connectivity index (χ3v) is 3.19. The van der Waals surface area contributed by atoms with Gasteiger partial charge in [0.25, 0.3) is 0 Å². The number of carbonyl (C=O) groups excluding carboxylic acids is 1. The van der Waals surface area contributed by atoms with Crippen LogP contribution in [0.5, 0.6) is 0 Å². The highest BCUT2D eigenvalue weighted by molar-refractivity contribution is 9.10. The summed E-state index contributed by atoms with van der Waals surface area (Å²) < 4.78 is 0. The number of ketones is 1. The van der Waals surface area contributed by atoms with E-state index in [2.05, 4.69) is 35.0 Å². The lowest BCUT2D eigenvalue weighted by atomic mass is 10.0. The van der Waals surface area contributed by atoms with Crippen molar-refractivity contribution in [2.45, 2.75) is 31.5 Å². The van der Waals surface area contributed by atoms with Gasteiger partial charge < -0.3 is 0 Å². The van der Waals surface area contributed by atoms with Crippen molar-refractivity contribution >= 4 is 21.7 Å². The predicted octanol–water partition coefficient (Wildman–Crippen LogP) is 3.28. The summed E-state index contributed by atoms with van der Waals surface area (Å²) in [5.74, 6) is 0.272. The Morgan fingerprint density at radius 3 is 2.64 bits per heavy atom. The predicted molar refractivity (Wildman–Crippen MR) is 62.9 cm³/mol.